The molecule has 1 N–H and O–H groups in total. The quantitative estimate of drug-likeness (QED) is 0.875. The van der Waals surface area contributed by atoms with Gasteiger partial charge in [0.15, 0.2) is 0 Å². The van der Waals surface area contributed by atoms with Crippen molar-refractivity contribution in [3.05, 3.63) is 34.3 Å². The second kappa shape index (κ2) is 7.02. The van der Waals surface area contributed by atoms with E-state index in [4.69, 9.17) is 0 Å². The predicted molar refractivity (Wildman–Crippen MR) is 85.0 cm³/mol. The van der Waals surface area contributed by atoms with E-state index in [1.54, 1.807) is 7.05 Å². The third-order valence-electron chi connectivity index (χ3n) is 3.70. The van der Waals surface area contributed by atoms with Crippen LogP contribution in [0.3, 0.4) is 0 Å². The van der Waals surface area contributed by atoms with E-state index in [1.807, 2.05) is 24.3 Å². The van der Waals surface area contributed by atoms with Crippen LogP contribution in [0.4, 0.5) is 0 Å². The third kappa shape index (κ3) is 4.55. The van der Waals surface area contributed by atoms with E-state index in [0.29, 0.717) is 6.54 Å². The minimum atomic E-state index is -3.17. The van der Waals surface area contributed by atoms with Crippen LogP contribution in [0.25, 0.3) is 0 Å². The van der Waals surface area contributed by atoms with Crippen LogP contribution < -0.4 is 5.32 Å². The van der Waals surface area contributed by atoms with Crippen molar-refractivity contribution >= 4 is 26.0 Å². The largest absolute Gasteiger partial charge is 0.317 e. The van der Waals surface area contributed by atoms with Gasteiger partial charge < -0.3 is 5.32 Å². The van der Waals surface area contributed by atoms with E-state index in [-0.39, 0.29) is 11.7 Å². The van der Waals surface area contributed by atoms with Crippen LogP contribution in [-0.2, 0) is 16.6 Å². The Morgan fingerprint density at radius 1 is 1.25 bits per heavy atom. The van der Waals surface area contributed by atoms with E-state index in [1.165, 1.54) is 4.31 Å². The SMILES string of the molecule is CN(Cc1ccc(Br)cc1)S(=O)(=O)CC1CCNCC1. The van der Waals surface area contributed by atoms with Gasteiger partial charge >= 0.3 is 0 Å². The number of benzene rings is 1. The molecule has 0 bridgehead atoms. The van der Waals surface area contributed by atoms with Crippen molar-refractivity contribution in [2.75, 3.05) is 25.9 Å². The molecule has 0 aromatic heterocycles. The number of nitrogens with one attached hydrogen (secondary N) is 1. The Hall–Kier alpha value is -0.430. The van der Waals surface area contributed by atoms with Crippen LogP contribution in [0.5, 0.6) is 0 Å². The van der Waals surface area contributed by atoms with Gasteiger partial charge in [-0.3, -0.25) is 0 Å². The Morgan fingerprint density at radius 2 is 1.85 bits per heavy atom. The summed E-state index contributed by atoms with van der Waals surface area (Å²) in [5.41, 5.74) is 1.00. The van der Waals surface area contributed by atoms with E-state index >= 15 is 0 Å². The molecule has 1 aromatic rings. The fraction of sp³-hybridized carbons (Fsp3) is 0.571. The van der Waals surface area contributed by atoms with Gasteiger partial charge in [-0.25, -0.2) is 12.7 Å². The summed E-state index contributed by atoms with van der Waals surface area (Å²) < 4.78 is 27.2. The summed E-state index contributed by atoms with van der Waals surface area (Å²) in [6.07, 6.45) is 1.90. The van der Waals surface area contributed by atoms with Gasteiger partial charge in [0.25, 0.3) is 0 Å². The van der Waals surface area contributed by atoms with Crippen molar-refractivity contribution in [3.63, 3.8) is 0 Å². The van der Waals surface area contributed by atoms with E-state index in [2.05, 4.69) is 21.2 Å². The number of halogens is 1. The molecular formula is C14H21BrN2O2S. The first kappa shape index (κ1) is 15.9. The van der Waals surface area contributed by atoms with Crippen molar-refractivity contribution < 1.29 is 8.42 Å². The Morgan fingerprint density at radius 3 is 2.45 bits per heavy atom. The highest BCUT2D eigenvalue weighted by Crippen LogP contribution is 2.18. The lowest BCUT2D eigenvalue weighted by atomic mass is 10.0. The fourth-order valence-corrected chi connectivity index (χ4v) is 4.21. The van der Waals surface area contributed by atoms with Crippen LogP contribution in [-0.4, -0.2) is 38.6 Å². The van der Waals surface area contributed by atoms with Crippen molar-refractivity contribution in [3.8, 4) is 0 Å². The lowest BCUT2D eigenvalue weighted by Crippen LogP contribution is -2.36. The fourth-order valence-electron chi connectivity index (χ4n) is 2.42. The predicted octanol–water partition coefficient (Wildman–Crippen LogP) is 2.21. The molecule has 1 fully saturated rings. The van der Waals surface area contributed by atoms with Gasteiger partial charge in [-0.2, -0.15) is 0 Å². The van der Waals surface area contributed by atoms with Gasteiger partial charge in [-0.15, -0.1) is 0 Å². The third-order valence-corrected chi connectivity index (χ3v) is 6.20. The average Bonchev–Trinajstić information content (AvgIpc) is 2.42. The zero-order valence-corrected chi connectivity index (χ0v) is 14.1. The normalized spacial score (nSPS) is 17.6. The second-order valence-corrected chi connectivity index (χ2v) is 8.39. The molecule has 2 rings (SSSR count). The van der Waals surface area contributed by atoms with Gasteiger partial charge in [-0.05, 0) is 49.5 Å². The number of piperidine rings is 1. The van der Waals surface area contributed by atoms with Gasteiger partial charge in [0.05, 0.1) is 5.75 Å². The molecule has 0 radical (unpaired) electrons. The molecule has 112 valence electrons. The monoisotopic (exact) mass is 360 g/mol. The van der Waals surface area contributed by atoms with E-state index in [0.717, 1.165) is 36.0 Å². The van der Waals surface area contributed by atoms with Gasteiger partial charge in [0.2, 0.25) is 10.0 Å². The molecule has 1 aromatic carbocycles. The molecule has 0 atom stereocenters. The summed E-state index contributed by atoms with van der Waals surface area (Å²) in [6, 6.07) is 7.76. The molecule has 4 nitrogen and oxygen atoms in total. The van der Waals surface area contributed by atoms with Crippen LogP contribution in [0.15, 0.2) is 28.7 Å². The standard InChI is InChI=1S/C14H21BrN2O2S/c1-17(10-12-2-4-14(15)5-3-12)20(18,19)11-13-6-8-16-9-7-13/h2-5,13,16H,6-11H2,1H3. The Kier molecular flexibility index (Phi) is 5.60. The van der Waals surface area contributed by atoms with Crippen molar-refractivity contribution in [1.29, 1.82) is 0 Å². The van der Waals surface area contributed by atoms with Crippen LogP contribution in [0.2, 0.25) is 0 Å². The van der Waals surface area contributed by atoms with E-state index in [9.17, 15) is 8.42 Å². The lowest BCUT2D eigenvalue weighted by Gasteiger charge is -2.25. The Bertz CT molecular complexity index is 525. The highest BCUT2D eigenvalue weighted by molar-refractivity contribution is 9.10. The van der Waals surface area contributed by atoms with Crippen LogP contribution >= 0.6 is 15.9 Å². The highest BCUT2D eigenvalue weighted by atomic mass is 79.9. The number of hydrogen-bond acceptors (Lipinski definition) is 3. The van der Waals surface area contributed by atoms with Crippen molar-refractivity contribution in [1.82, 2.24) is 9.62 Å². The van der Waals surface area contributed by atoms with Crippen LogP contribution in [0.1, 0.15) is 18.4 Å². The molecule has 0 aliphatic carbocycles. The molecule has 1 saturated heterocycles. The zero-order valence-electron chi connectivity index (χ0n) is 11.7. The topological polar surface area (TPSA) is 49.4 Å². The van der Waals surface area contributed by atoms with Crippen molar-refractivity contribution in [2.45, 2.75) is 19.4 Å². The minimum absolute atomic E-state index is 0.266. The molecule has 1 aliphatic rings. The minimum Gasteiger partial charge on any atom is -0.317 e. The average molecular weight is 361 g/mol. The summed E-state index contributed by atoms with van der Waals surface area (Å²) >= 11 is 3.38. The summed E-state index contributed by atoms with van der Waals surface area (Å²) in [5.74, 6) is 0.551. The molecule has 0 saturated carbocycles. The smallest absolute Gasteiger partial charge is 0.214 e. The molecule has 1 heterocycles. The first-order chi connectivity index (χ1) is 9.47. The zero-order chi connectivity index (χ0) is 14.6. The summed E-state index contributed by atoms with van der Waals surface area (Å²) in [4.78, 5) is 0. The highest BCUT2D eigenvalue weighted by Gasteiger charge is 2.24. The number of sulfonamides is 1. The molecule has 0 spiro atoms. The maximum Gasteiger partial charge on any atom is 0.214 e. The number of hydrogen-bond donors (Lipinski definition) is 1. The molecule has 0 amide bonds. The molecular weight excluding hydrogens is 340 g/mol. The van der Waals surface area contributed by atoms with Gasteiger partial charge in [0.1, 0.15) is 0 Å². The molecule has 1 aliphatic heterocycles. The van der Waals surface area contributed by atoms with Gasteiger partial charge in [0, 0.05) is 18.1 Å². The lowest BCUT2D eigenvalue weighted by molar-refractivity contribution is 0.388. The first-order valence-electron chi connectivity index (χ1n) is 6.86. The van der Waals surface area contributed by atoms with Crippen molar-refractivity contribution in [2.24, 2.45) is 5.92 Å². The summed E-state index contributed by atoms with van der Waals surface area (Å²) in [6.45, 7) is 2.29. The Balaban J connectivity index is 1.95. The number of rotatable bonds is 5. The summed E-state index contributed by atoms with van der Waals surface area (Å²) in [5, 5.41) is 3.26. The van der Waals surface area contributed by atoms with Crippen LogP contribution in [0, 0.1) is 5.92 Å². The summed E-state index contributed by atoms with van der Waals surface area (Å²) in [7, 11) is -1.51. The van der Waals surface area contributed by atoms with Gasteiger partial charge in [-0.1, -0.05) is 28.1 Å². The first-order valence-corrected chi connectivity index (χ1v) is 9.27. The second-order valence-electron chi connectivity index (χ2n) is 5.35. The maximum absolute atomic E-state index is 12.4. The Labute approximate surface area is 129 Å². The molecule has 20 heavy (non-hydrogen) atoms. The maximum atomic E-state index is 12.4. The molecule has 0 unspecified atom stereocenters. The number of nitrogens with zero attached hydrogens (tertiary/aromatic N) is 1. The van der Waals surface area contributed by atoms with E-state index < -0.39 is 10.0 Å². The molecule has 6 heteroatoms.